The minimum atomic E-state index is -1.12. The van der Waals surface area contributed by atoms with E-state index in [-0.39, 0.29) is 22.6 Å². The molecule has 1 amide bonds. The smallest absolute Gasteiger partial charge is 0.341 e. The number of rotatable bonds is 7. The summed E-state index contributed by atoms with van der Waals surface area (Å²) < 4.78 is 24.0. The Balaban J connectivity index is 2.06. The number of carbonyl (C=O) groups excluding carboxylic acids is 1. The van der Waals surface area contributed by atoms with E-state index in [1.165, 1.54) is 37.6 Å². The van der Waals surface area contributed by atoms with Gasteiger partial charge in [0, 0.05) is 0 Å². The number of methoxy groups -OCH3 is 1. The van der Waals surface area contributed by atoms with Crippen molar-refractivity contribution in [1.29, 1.82) is 5.26 Å². The number of carbonyl (C=O) groups is 2. The molecule has 0 bridgehead atoms. The topological polar surface area (TPSA) is 121 Å². The molecule has 0 aliphatic rings. The summed E-state index contributed by atoms with van der Waals surface area (Å²) in [5.74, 6) is -2.21. The van der Waals surface area contributed by atoms with Gasteiger partial charge in [0.15, 0.2) is 18.1 Å². The van der Waals surface area contributed by atoms with Crippen LogP contribution in [0.15, 0.2) is 41.5 Å². The van der Waals surface area contributed by atoms with Gasteiger partial charge in [0.2, 0.25) is 0 Å². The quantitative estimate of drug-likeness (QED) is 0.567. The van der Waals surface area contributed by atoms with Gasteiger partial charge in [0.25, 0.3) is 5.91 Å². The number of carboxylic acids is 1. The van der Waals surface area contributed by atoms with Gasteiger partial charge in [0.1, 0.15) is 5.82 Å². The summed E-state index contributed by atoms with van der Waals surface area (Å²) in [5.41, 5.74) is 2.55. The Labute approximate surface area is 153 Å². The molecule has 2 N–H and O–H groups in total. The van der Waals surface area contributed by atoms with Crippen LogP contribution in [0.1, 0.15) is 21.5 Å². The van der Waals surface area contributed by atoms with E-state index >= 15 is 0 Å². The second-order valence-electron chi connectivity index (χ2n) is 5.10. The Hall–Kier alpha value is -3.93. The number of hydrazone groups is 1. The summed E-state index contributed by atoms with van der Waals surface area (Å²) in [6, 6.07) is 9.82. The molecule has 0 radical (unpaired) electrons. The first-order valence-corrected chi connectivity index (χ1v) is 7.50. The van der Waals surface area contributed by atoms with E-state index in [0.717, 1.165) is 6.07 Å². The summed E-state index contributed by atoms with van der Waals surface area (Å²) in [6.45, 7) is -0.518. The Kier molecular flexibility index (Phi) is 6.44. The van der Waals surface area contributed by atoms with E-state index in [9.17, 15) is 14.0 Å². The van der Waals surface area contributed by atoms with Crippen LogP contribution in [0.4, 0.5) is 4.39 Å². The molecule has 0 spiro atoms. The van der Waals surface area contributed by atoms with Crippen molar-refractivity contribution in [3.8, 4) is 17.6 Å². The number of hydrogen-bond acceptors (Lipinski definition) is 6. The van der Waals surface area contributed by atoms with Crippen molar-refractivity contribution in [3.05, 3.63) is 58.9 Å². The molecule has 0 heterocycles. The van der Waals surface area contributed by atoms with Gasteiger partial charge in [-0.3, -0.25) is 4.79 Å². The Morgan fingerprint density at radius 2 is 2.07 bits per heavy atom. The zero-order chi connectivity index (χ0) is 19.8. The molecule has 9 heteroatoms. The summed E-state index contributed by atoms with van der Waals surface area (Å²) in [7, 11) is 1.39. The molecule has 138 valence electrons. The van der Waals surface area contributed by atoms with Crippen LogP contribution in [0.25, 0.3) is 0 Å². The van der Waals surface area contributed by atoms with Gasteiger partial charge in [-0.1, -0.05) is 0 Å². The third-order valence-electron chi connectivity index (χ3n) is 3.26. The van der Waals surface area contributed by atoms with E-state index in [4.69, 9.17) is 19.8 Å². The lowest BCUT2D eigenvalue weighted by molar-refractivity contribution is -0.139. The average Bonchev–Trinajstić information content (AvgIpc) is 2.66. The van der Waals surface area contributed by atoms with Crippen LogP contribution < -0.4 is 14.9 Å². The fourth-order valence-corrected chi connectivity index (χ4v) is 2.02. The predicted molar refractivity (Wildman–Crippen MR) is 92.3 cm³/mol. The molecule has 2 aromatic carbocycles. The fraction of sp³-hybridized carbons (Fsp3) is 0.111. The number of nitrogens with zero attached hydrogens (tertiary/aromatic N) is 2. The standard InChI is InChI=1S/C18H14FN3O5/c1-26-16-7-12(3-5-15(16)27-10-17(23)24)9-21-22-18(25)13-4-2-11(8-20)6-14(13)19/h2-7,9H,10H2,1H3,(H,22,25)(H,23,24)/b21-9-. The van der Waals surface area contributed by atoms with Gasteiger partial charge in [0.05, 0.1) is 30.5 Å². The molecule has 0 saturated heterocycles. The third-order valence-corrected chi connectivity index (χ3v) is 3.26. The maximum Gasteiger partial charge on any atom is 0.341 e. The first-order chi connectivity index (χ1) is 12.9. The zero-order valence-corrected chi connectivity index (χ0v) is 14.1. The summed E-state index contributed by atoms with van der Waals surface area (Å²) in [5, 5.41) is 21.1. The van der Waals surface area contributed by atoms with Gasteiger partial charge < -0.3 is 14.6 Å². The van der Waals surface area contributed by atoms with Crippen molar-refractivity contribution >= 4 is 18.1 Å². The molecule has 0 aliphatic carbocycles. The number of amides is 1. The van der Waals surface area contributed by atoms with Gasteiger partial charge in [-0.05, 0) is 42.0 Å². The summed E-state index contributed by atoms with van der Waals surface area (Å²) >= 11 is 0. The van der Waals surface area contributed by atoms with Crippen molar-refractivity contribution in [1.82, 2.24) is 5.43 Å². The molecule has 0 atom stereocenters. The molecule has 2 rings (SSSR count). The monoisotopic (exact) mass is 371 g/mol. The van der Waals surface area contributed by atoms with Crippen LogP contribution >= 0.6 is 0 Å². The molecule has 0 saturated carbocycles. The molecule has 27 heavy (non-hydrogen) atoms. The van der Waals surface area contributed by atoms with Gasteiger partial charge in [-0.15, -0.1) is 0 Å². The number of halogens is 1. The SMILES string of the molecule is COc1cc(/C=N\NC(=O)c2ccc(C#N)cc2F)ccc1OCC(=O)O. The molecular weight excluding hydrogens is 357 g/mol. The van der Waals surface area contributed by atoms with E-state index in [0.29, 0.717) is 5.56 Å². The largest absolute Gasteiger partial charge is 0.493 e. The normalized spacial score (nSPS) is 10.3. The second kappa shape index (κ2) is 8.96. The molecular formula is C18H14FN3O5. The molecule has 8 nitrogen and oxygen atoms in total. The number of benzene rings is 2. The number of aliphatic carboxylic acids is 1. The lowest BCUT2D eigenvalue weighted by Crippen LogP contribution is -2.19. The molecule has 0 unspecified atom stereocenters. The second-order valence-corrected chi connectivity index (χ2v) is 5.10. The highest BCUT2D eigenvalue weighted by Gasteiger charge is 2.11. The van der Waals surface area contributed by atoms with E-state index in [2.05, 4.69) is 10.5 Å². The number of ether oxygens (including phenoxy) is 2. The Morgan fingerprint density at radius 1 is 1.30 bits per heavy atom. The van der Waals surface area contributed by atoms with Gasteiger partial charge in [-0.25, -0.2) is 14.6 Å². The summed E-state index contributed by atoms with van der Waals surface area (Å²) in [6.07, 6.45) is 1.29. The van der Waals surface area contributed by atoms with Crippen LogP contribution in [0.5, 0.6) is 11.5 Å². The third kappa shape index (κ3) is 5.27. The highest BCUT2D eigenvalue weighted by molar-refractivity contribution is 5.95. The molecule has 0 fully saturated rings. The van der Waals surface area contributed by atoms with Crippen molar-refractivity contribution in [2.45, 2.75) is 0 Å². The molecule has 2 aromatic rings. The van der Waals surface area contributed by atoms with E-state index < -0.39 is 24.3 Å². The van der Waals surface area contributed by atoms with Gasteiger partial charge in [-0.2, -0.15) is 10.4 Å². The highest BCUT2D eigenvalue weighted by Crippen LogP contribution is 2.27. The summed E-state index contributed by atoms with van der Waals surface area (Å²) in [4.78, 5) is 22.5. The van der Waals surface area contributed by atoms with Crippen molar-refractivity contribution in [3.63, 3.8) is 0 Å². The molecule has 0 aromatic heterocycles. The minimum absolute atomic E-state index is 0.102. The van der Waals surface area contributed by atoms with Crippen LogP contribution in [0.2, 0.25) is 0 Å². The number of hydrogen-bond donors (Lipinski definition) is 2. The lowest BCUT2D eigenvalue weighted by atomic mass is 10.1. The van der Waals surface area contributed by atoms with Crippen molar-refractivity contribution in [2.24, 2.45) is 5.10 Å². The molecule has 0 aliphatic heterocycles. The van der Waals surface area contributed by atoms with Gasteiger partial charge >= 0.3 is 5.97 Å². The Bertz CT molecular complexity index is 937. The predicted octanol–water partition coefficient (Wildman–Crippen LogP) is 1.93. The average molecular weight is 371 g/mol. The van der Waals surface area contributed by atoms with Crippen LogP contribution in [-0.2, 0) is 4.79 Å². The van der Waals surface area contributed by atoms with E-state index in [1.54, 1.807) is 12.1 Å². The van der Waals surface area contributed by atoms with Crippen LogP contribution in [-0.4, -0.2) is 36.9 Å². The van der Waals surface area contributed by atoms with Crippen molar-refractivity contribution < 1.29 is 28.6 Å². The minimum Gasteiger partial charge on any atom is -0.493 e. The van der Waals surface area contributed by atoms with Crippen LogP contribution in [0.3, 0.4) is 0 Å². The first-order valence-electron chi connectivity index (χ1n) is 7.50. The maximum atomic E-state index is 13.8. The number of nitrogens with one attached hydrogen (secondary N) is 1. The highest BCUT2D eigenvalue weighted by atomic mass is 19.1. The first kappa shape index (κ1) is 19.4. The number of nitriles is 1. The van der Waals surface area contributed by atoms with Crippen LogP contribution in [0, 0.1) is 17.1 Å². The Morgan fingerprint density at radius 3 is 2.70 bits per heavy atom. The van der Waals surface area contributed by atoms with Crippen molar-refractivity contribution in [2.75, 3.05) is 13.7 Å². The zero-order valence-electron chi connectivity index (χ0n) is 14.1. The lowest BCUT2D eigenvalue weighted by Gasteiger charge is -2.09. The number of carboxylic acid groups (broad SMARTS) is 1. The maximum absolute atomic E-state index is 13.8. The van der Waals surface area contributed by atoms with E-state index in [1.807, 2.05) is 0 Å². The fourth-order valence-electron chi connectivity index (χ4n) is 2.02.